The molecule has 1 aliphatic heterocycles. The number of hydrogen-bond acceptors (Lipinski definition) is 5. The Hall–Kier alpha value is -2.87. The number of benzene rings is 2. The third-order valence-electron chi connectivity index (χ3n) is 4.36. The van der Waals surface area contributed by atoms with Crippen LogP contribution in [0.5, 0.6) is 11.5 Å². The van der Waals surface area contributed by atoms with Gasteiger partial charge in [0.2, 0.25) is 11.9 Å². The standard InChI is InChI=1S/C19H17BrN4O3/c1-26-16-8-13(15-9-17(25)23-19-21-11-22-24(15)19)7-14(20)18(16)27-10-12-5-3-2-4-6-12/h2-8,11,15H,9-10H2,1H3,(H,21,22,23,25)/t15-/m1/s1. The molecule has 7 nitrogen and oxygen atoms in total. The molecule has 138 valence electrons. The fourth-order valence-electron chi connectivity index (χ4n) is 3.07. The molecule has 0 saturated carbocycles. The molecule has 0 bridgehead atoms. The van der Waals surface area contributed by atoms with Crippen molar-refractivity contribution in [2.45, 2.75) is 19.1 Å². The van der Waals surface area contributed by atoms with Crippen LogP contribution in [-0.4, -0.2) is 27.8 Å². The summed E-state index contributed by atoms with van der Waals surface area (Å²) in [6.45, 7) is 0.425. The molecular weight excluding hydrogens is 412 g/mol. The number of hydrogen-bond donors (Lipinski definition) is 1. The van der Waals surface area contributed by atoms with Crippen LogP contribution < -0.4 is 14.8 Å². The molecule has 8 heteroatoms. The summed E-state index contributed by atoms with van der Waals surface area (Å²) >= 11 is 3.57. The maximum atomic E-state index is 12.0. The van der Waals surface area contributed by atoms with Gasteiger partial charge in [-0.1, -0.05) is 30.3 Å². The van der Waals surface area contributed by atoms with Gasteiger partial charge in [0.05, 0.1) is 24.0 Å². The Kier molecular flexibility index (Phi) is 4.81. The fraction of sp³-hybridized carbons (Fsp3) is 0.211. The number of carbonyl (C=O) groups excluding carboxylic acids is 1. The number of halogens is 1. The van der Waals surface area contributed by atoms with Gasteiger partial charge in [-0.05, 0) is 39.2 Å². The van der Waals surface area contributed by atoms with E-state index in [-0.39, 0.29) is 18.4 Å². The van der Waals surface area contributed by atoms with Crippen LogP contribution in [-0.2, 0) is 11.4 Å². The maximum Gasteiger partial charge on any atom is 0.229 e. The van der Waals surface area contributed by atoms with Crippen molar-refractivity contribution in [3.8, 4) is 11.5 Å². The minimum absolute atomic E-state index is 0.0972. The highest BCUT2D eigenvalue weighted by molar-refractivity contribution is 9.10. The lowest BCUT2D eigenvalue weighted by atomic mass is 10.0. The van der Waals surface area contributed by atoms with E-state index in [0.717, 1.165) is 15.6 Å². The molecule has 1 atom stereocenters. The van der Waals surface area contributed by atoms with Crippen molar-refractivity contribution in [2.75, 3.05) is 12.4 Å². The van der Waals surface area contributed by atoms with Crippen molar-refractivity contribution in [3.05, 3.63) is 64.4 Å². The monoisotopic (exact) mass is 428 g/mol. The normalized spacial score (nSPS) is 15.8. The van der Waals surface area contributed by atoms with Gasteiger partial charge >= 0.3 is 0 Å². The highest BCUT2D eigenvalue weighted by Gasteiger charge is 2.29. The highest BCUT2D eigenvalue weighted by atomic mass is 79.9. The summed E-state index contributed by atoms with van der Waals surface area (Å²) < 4.78 is 14.0. The topological polar surface area (TPSA) is 78.3 Å². The van der Waals surface area contributed by atoms with E-state index in [0.29, 0.717) is 24.1 Å². The van der Waals surface area contributed by atoms with Crippen molar-refractivity contribution in [1.82, 2.24) is 14.8 Å². The number of nitrogens with zero attached hydrogens (tertiary/aromatic N) is 3. The van der Waals surface area contributed by atoms with Crippen molar-refractivity contribution < 1.29 is 14.3 Å². The molecule has 1 amide bonds. The van der Waals surface area contributed by atoms with Crippen LogP contribution in [0.15, 0.2) is 53.3 Å². The summed E-state index contributed by atoms with van der Waals surface area (Å²) in [6.07, 6.45) is 1.70. The van der Waals surface area contributed by atoms with Gasteiger partial charge in [-0.25, -0.2) is 4.68 Å². The number of carbonyl (C=O) groups is 1. The van der Waals surface area contributed by atoms with E-state index < -0.39 is 0 Å². The van der Waals surface area contributed by atoms with E-state index in [4.69, 9.17) is 9.47 Å². The first-order valence-corrected chi connectivity index (χ1v) is 9.18. The van der Waals surface area contributed by atoms with Crippen LogP contribution in [0.25, 0.3) is 0 Å². The first-order chi connectivity index (χ1) is 13.2. The highest BCUT2D eigenvalue weighted by Crippen LogP contribution is 2.40. The molecule has 0 fully saturated rings. The SMILES string of the molecule is COc1cc([C@H]2CC(=O)Nc3ncnn32)cc(Br)c1OCc1ccccc1. The number of aromatic nitrogens is 3. The maximum absolute atomic E-state index is 12.0. The van der Waals surface area contributed by atoms with Gasteiger partial charge in [0, 0.05) is 0 Å². The zero-order chi connectivity index (χ0) is 18.8. The van der Waals surface area contributed by atoms with E-state index in [1.165, 1.54) is 6.33 Å². The molecule has 2 aromatic carbocycles. The molecule has 27 heavy (non-hydrogen) atoms. The molecular formula is C19H17BrN4O3. The Bertz CT molecular complexity index is 974. The molecule has 1 aliphatic rings. The molecule has 1 aromatic heterocycles. The second kappa shape index (κ2) is 7.40. The van der Waals surface area contributed by atoms with Gasteiger partial charge in [0.15, 0.2) is 11.5 Å². The molecule has 0 radical (unpaired) electrons. The lowest BCUT2D eigenvalue weighted by Gasteiger charge is -2.25. The van der Waals surface area contributed by atoms with Gasteiger partial charge in [0.25, 0.3) is 0 Å². The van der Waals surface area contributed by atoms with Gasteiger partial charge in [-0.15, -0.1) is 0 Å². The van der Waals surface area contributed by atoms with Crippen molar-refractivity contribution >= 4 is 27.8 Å². The molecule has 0 spiro atoms. The Balaban J connectivity index is 1.65. The van der Waals surface area contributed by atoms with Gasteiger partial charge < -0.3 is 9.47 Å². The Labute approximate surface area is 164 Å². The van der Waals surface area contributed by atoms with Gasteiger partial charge in [-0.2, -0.15) is 10.1 Å². The third kappa shape index (κ3) is 3.52. The van der Waals surface area contributed by atoms with Crippen molar-refractivity contribution in [1.29, 1.82) is 0 Å². The Morgan fingerprint density at radius 1 is 1.30 bits per heavy atom. The number of rotatable bonds is 5. The van der Waals surface area contributed by atoms with Gasteiger partial charge in [0.1, 0.15) is 12.9 Å². The summed E-state index contributed by atoms with van der Waals surface area (Å²) in [5.41, 5.74) is 1.94. The lowest BCUT2D eigenvalue weighted by molar-refractivity contribution is -0.117. The minimum Gasteiger partial charge on any atom is -0.493 e. The Morgan fingerprint density at radius 3 is 2.89 bits per heavy atom. The van der Waals surface area contributed by atoms with Crippen LogP contribution in [0.4, 0.5) is 5.95 Å². The van der Waals surface area contributed by atoms with E-state index in [2.05, 4.69) is 31.3 Å². The van der Waals surface area contributed by atoms with Gasteiger partial charge in [-0.3, -0.25) is 10.1 Å². The summed E-state index contributed by atoms with van der Waals surface area (Å²) in [6, 6.07) is 13.5. The number of nitrogens with one attached hydrogen (secondary N) is 1. The first kappa shape index (κ1) is 17.5. The minimum atomic E-state index is -0.260. The van der Waals surface area contributed by atoms with E-state index >= 15 is 0 Å². The molecule has 0 unspecified atom stereocenters. The second-order valence-corrected chi connectivity index (χ2v) is 6.96. The summed E-state index contributed by atoms with van der Waals surface area (Å²) in [7, 11) is 1.59. The molecule has 2 heterocycles. The summed E-state index contributed by atoms with van der Waals surface area (Å²) in [5.74, 6) is 1.54. The summed E-state index contributed by atoms with van der Waals surface area (Å²) in [5, 5.41) is 6.95. The van der Waals surface area contributed by atoms with Crippen molar-refractivity contribution in [3.63, 3.8) is 0 Å². The number of ether oxygens (including phenoxy) is 2. The molecule has 0 aliphatic carbocycles. The average molecular weight is 429 g/mol. The van der Waals surface area contributed by atoms with Crippen LogP contribution in [0.3, 0.4) is 0 Å². The van der Waals surface area contributed by atoms with E-state index in [1.54, 1.807) is 11.8 Å². The van der Waals surface area contributed by atoms with Crippen LogP contribution >= 0.6 is 15.9 Å². The number of methoxy groups -OCH3 is 1. The summed E-state index contributed by atoms with van der Waals surface area (Å²) in [4.78, 5) is 16.1. The number of amides is 1. The average Bonchev–Trinajstić information content (AvgIpc) is 3.15. The van der Waals surface area contributed by atoms with Crippen molar-refractivity contribution in [2.24, 2.45) is 0 Å². The second-order valence-electron chi connectivity index (χ2n) is 6.10. The molecule has 3 aromatic rings. The smallest absolute Gasteiger partial charge is 0.229 e. The van der Waals surface area contributed by atoms with Crippen LogP contribution in [0.2, 0.25) is 0 Å². The molecule has 4 rings (SSSR count). The zero-order valence-corrected chi connectivity index (χ0v) is 16.1. The first-order valence-electron chi connectivity index (χ1n) is 8.39. The molecule has 0 saturated heterocycles. The quantitative estimate of drug-likeness (QED) is 0.671. The zero-order valence-electron chi connectivity index (χ0n) is 14.6. The van der Waals surface area contributed by atoms with E-state index in [1.807, 2.05) is 42.5 Å². The number of anilines is 1. The number of fused-ring (bicyclic) bond motifs is 1. The van der Waals surface area contributed by atoms with Crippen LogP contribution in [0, 0.1) is 0 Å². The lowest BCUT2D eigenvalue weighted by Crippen LogP contribution is -2.29. The fourth-order valence-corrected chi connectivity index (χ4v) is 3.64. The van der Waals surface area contributed by atoms with E-state index in [9.17, 15) is 4.79 Å². The largest absolute Gasteiger partial charge is 0.493 e. The van der Waals surface area contributed by atoms with Crippen LogP contribution in [0.1, 0.15) is 23.6 Å². The Morgan fingerprint density at radius 2 is 2.11 bits per heavy atom. The predicted molar refractivity (Wildman–Crippen MR) is 103 cm³/mol. The predicted octanol–water partition coefficient (Wildman–Crippen LogP) is 3.56. The molecule has 1 N–H and O–H groups in total. The third-order valence-corrected chi connectivity index (χ3v) is 4.95.